The lowest BCUT2D eigenvalue weighted by Crippen LogP contribution is -2.30. The Balaban J connectivity index is 3.08. The number of carboxylic acid groups (broad SMARTS) is 1. The number of carboxylic acids is 1. The third-order valence-electron chi connectivity index (χ3n) is 3.06. The monoisotopic (exact) mass is 284 g/mol. The third kappa shape index (κ3) is 3.46. The Kier molecular flexibility index (Phi) is 5.48. The van der Waals surface area contributed by atoms with Crippen LogP contribution in [0, 0.1) is 10.1 Å². The summed E-state index contributed by atoms with van der Waals surface area (Å²) in [7, 11) is 1.56. The number of nitrogens with zero attached hydrogens (tertiary/aromatic N) is 3. The van der Waals surface area contributed by atoms with E-state index in [9.17, 15) is 20.0 Å². The number of hydrogen-bond acceptors (Lipinski definition) is 5. The molecule has 8 nitrogen and oxygen atoms in total. The van der Waals surface area contributed by atoms with Crippen LogP contribution in [-0.4, -0.2) is 31.8 Å². The first-order valence-electron chi connectivity index (χ1n) is 6.61. The molecule has 112 valence electrons. The molecule has 1 unspecified atom stereocenters. The Morgan fingerprint density at radius 3 is 2.65 bits per heavy atom. The van der Waals surface area contributed by atoms with Gasteiger partial charge in [0.05, 0.1) is 4.92 Å². The maximum absolute atomic E-state index is 11.2. The van der Waals surface area contributed by atoms with Crippen molar-refractivity contribution in [3.8, 4) is 0 Å². The van der Waals surface area contributed by atoms with Gasteiger partial charge in [-0.05, 0) is 12.8 Å². The lowest BCUT2D eigenvalue weighted by atomic mass is 10.1. The Hall–Kier alpha value is -2.12. The van der Waals surface area contributed by atoms with Crippen molar-refractivity contribution in [2.75, 3.05) is 5.32 Å². The molecular formula is C12H20N4O4. The molecule has 8 heteroatoms. The molecular weight excluding hydrogens is 264 g/mol. The van der Waals surface area contributed by atoms with Crippen LogP contribution in [0.1, 0.15) is 38.8 Å². The predicted octanol–water partition coefficient (Wildman–Crippen LogP) is 1.95. The average Bonchev–Trinajstić information content (AvgIpc) is 2.70. The minimum absolute atomic E-state index is 0.141. The molecule has 0 saturated carbocycles. The molecule has 0 aliphatic heterocycles. The zero-order valence-corrected chi connectivity index (χ0v) is 11.9. The summed E-state index contributed by atoms with van der Waals surface area (Å²) in [4.78, 5) is 21.8. The van der Waals surface area contributed by atoms with Gasteiger partial charge in [0.1, 0.15) is 11.7 Å². The van der Waals surface area contributed by atoms with E-state index >= 15 is 0 Å². The van der Waals surface area contributed by atoms with E-state index in [-0.39, 0.29) is 11.5 Å². The SMILES string of the molecule is CCCCC(Nc1c([N+](=O)[O-])c(CC)nn1C)C(=O)O. The summed E-state index contributed by atoms with van der Waals surface area (Å²) in [6.07, 6.45) is 2.42. The first kappa shape index (κ1) is 15.9. The molecule has 0 aliphatic carbocycles. The van der Waals surface area contributed by atoms with Gasteiger partial charge >= 0.3 is 11.7 Å². The van der Waals surface area contributed by atoms with Crippen LogP contribution >= 0.6 is 0 Å². The number of aliphatic carboxylic acids is 1. The summed E-state index contributed by atoms with van der Waals surface area (Å²) in [5.74, 6) is -0.873. The van der Waals surface area contributed by atoms with Gasteiger partial charge in [-0.25, -0.2) is 9.48 Å². The summed E-state index contributed by atoms with van der Waals surface area (Å²) < 4.78 is 1.33. The van der Waals surface area contributed by atoms with Crippen molar-refractivity contribution >= 4 is 17.5 Å². The molecule has 20 heavy (non-hydrogen) atoms. The molecule has 1 rings (SSSR count). The highest BCUT2D eigenvalue weighted by Crippen LogP contribution is 2.29. The number of carbonyl (C=O) groups is 1. The zero-order valence-electron chi connectivity index (χ0n) is 11.9. The molecule has 0 radical (unpaired) electrons. The molecule has 0 aromatic carbocycles. The lowest BCUT2D eigenvalue weighted by Gasteiger charge is -2.14. The highest BCUT2D eigenvalue weighted by Gasteiger charge is 2.29. The van der Waals surface area contributed by atoms with E-state index in [2.05, 4.69) is 10.4 Å². The van der Waals surface area contributed by atoms with Crippen molar-refractivity contribution in [2.24, 2.45) is 7.05 Å². The highest BCUT2D eigenvalue weighted by atomic mass is 16.6. The van der Waals surface area contributed by atoms with Crippen LogP contribution in [0.15, 0.2) is 0 Å². The van der Waals surface area contributed by atoms with Gasteiger partial charge in [0.2, 0.25) is 5.82 Å². The van der Waals surface area contributed by atoms with Crippen LogP contribution in [0.5, 0.6) is 0 Å². The predicted molar refractivity (Wildman–Crippen MR) is 73.8 cm³/mol. The van der Waals surface area contributed by atoms with Crippen molar-refractivity contribution in [1.82, 2.24) is 9.78 Å². The molecule has 1 heterocycles. The normalized spacial score (nSPS) is 12.2. The molecule has 0 aliphatic rings. The van der Waals surface area contributed by atoms with Crippen molar-refractivity contribution < 1.29 is 14.8 Å². The first-order valence-corrected chi connectivity index (χ1v) is 6.61. The molecule has 1 aromatic rings. The van der Waals surface area contributed by atoms with E-state index in [0.29, 0.717) is 18.5 Å². The Bertz CT molecular complexity index is 498. The van der Waals surface area contributed by atoms with Crippen LogP contribution < -0.4 is 5.32 Å². The minimum atomic E-state index is -1.02. The smallest absolute Gasteiger partial charge is 0.334 e. The van der Waals surface area contributed by atoms with E-state index in [0.717, 1.165) is 12.8 Å². The van der Waals surface area contributed by atoms with E-state index in [1.54, 1.807) is 14.0 Å². The maximum atomic E-state index is 11.2. The van der Waals surface area contributed by atoms with Crippen molar-refractivity contribution in [2.45, 2.75) is 45.6 Å². The molecule has 0 amide bonds. The second kappa shape index (κ2) is 6.88. The van der Waals surface area contributed by atoms with Crippen LogP contribution in [0.3, 0.4) is 0 Å². The zero-order chi connectivity index (χ0) is 15.3. The standard InChI is InChI=1S/C12H20N4O4/c1-4-6-7-9(12(17)18)13-11-10(16(19)20)8(5-2)14-15(11)3/h9,13H,4-7H2,1-3H3,(H,17,18). The van der Waals surface area contributed by atoms with Gasteiger partial charge in [-0.1, -0.05) is 26.7 Å². The van der Waals surface area contributed by atoms with Crippen molar-refractivity contribution in [1.29, 1.82) is 0 Å². The van der Waals surface area contributed by atoms with Gasteiger partial charge in [-0.2, -0.15) is 5.10 Å². The van der Waals surface area contributed by atoms with E-state index in [4.69, 9.17) is 0 Å². The van der Waals surface area contributed by atoms with E-state index in [1.165, 1.54) is 4.68 Å². The maximum Gasteiger partial charge on any atom is 0.334 e. The number of aromatic nitrogens is 2. The second-order valence-electron chi connectivity index (χ2n) is 4.56. The van der Waals surface area contributed by atoms with Crippen LogP contribution in [0.2, 0.25) is 0 Å². The molecule has 0 bridgehead atoms. The Morgan fingerprint density at radius 2 is 2.20 bits per heavy atom. The number of aryl methyl sites for hydroxylation is 2. The summed E-state index contributed by atoms with van der Waals surface area (Å²) in [5.41, 5.74) is 0.206. The number of nitro groups is 1. The number of rotatable bonds is 8. The molecule has 2 N–H and O–H groups in total. The fourth-order valence-electron chi connectivity index (χ4n) is 1.99. The highest BCUT2D eigenvalue weighted by molar-refractivity contribution is 5.78. The lowest BCUT2D eigenvalue weighted by molar-refractivity contribution is -0.384. The minimum Gasteiger partial charge on any atom is -0.480 e. The number of nitrogens with one attached hydrogen (secondary N) is 1. The summed E-state index contributed by atoms with van der Waals surface area (Å²) in [6, 6.07) is -0.853. The number of anilines is 1. The summed E-state index contributed by atoms with van der Waals surface area (Å²) in [5, 5.41) is 27.1. The van der Waals surface area contributed by atoms with Crippen molar-refractivity contribution in [3.63, 3.8) is 0 Å². The number of hydrogen-bond donors (Lipinski definition) is 2. The van der Waals surface area contributed by atoms with Crippen LogP contribution in [-0.2, 0) is 18.3 Å². The largest absolute Gasteiger partial charge is 0.480 e. The average molecular weight is 284 g/mol. The first-order chi connectivity index (χ1) is 9.42. The summed E-state index contributed by atoms with van der Waals surface area (Å²) >= 11 is 0. The molecule has 1 atom stereocenters. The quantitative estimate of drug-likeness (QED) is 0.557. The van der Waals surface area contributed by atoms with Gasteiger partial charge in [0, 0.05) is 7.05 Å². The van der Waals surface area contributed by atoms with E-state index in [1.807, 2.05) is 6.92 Å². The molecule has 1 aromatic heterocycles. The van der Waals surface area contributed by atoms with Gasteiger partial charge < -0.3 is 10.4 Å². The fourth-order valence-corrected chi connectivity index (χ4v) is 1.99. The van der Waals surface area contributed by atoms with Gasteiger partial charge in [-0.3, -0.25) is 10.1 Å². The van der Waals surface area contributed by atoms with Crippen LogP contribution in [0.25, 0.3) is 0 Å². The van der Waals surface area contributed by atoms with E-state index < -0.39 is 16.9 Å². The third-order valence-corrected chi connectivity index (χ3v) is 3.06. The molecule has 0 saturated heterocycles. The second-order valence-corrected chi connectivity index (χ2v) is 4.56. The van der Waals surface area contributed by atoms with Crippen LogP contribution in [0.4, 0.5) is 11.5 Å². The topological polar surface area (TPSA) is 110 Å². The van der Waals surface area contributed by atoms with Gasteiger partial charge in [-0.15, -0.1) is 0 Å². The van der Waals surface area contributed by atoms with Crippen molar-refractivity contribution in [3.05, 3.63) is 15.8 Å². The summed E-state index contributed by atoms with van der Waals surface area (Å²) in [6.45, 7) is 3.73. The number of unbranched alkanes of at least 4 members (excludes halogenated alkanes) is 1. The molecule has 0 fully saturated rings. The Labute approximate surface area is 116 Å². The molecule has 0 spiro atoms. The van der Waals surface area contributed by atoms with Gasteiger partial charge in [0.25, 0.3) is 0 Å². The van der Waals surface area contributed by atoms with Gasteiger partial charge in [0.15, 0.2) is 0 Å². The Morgan fingerprint density at radius 1 is 1.55 bits per heavy atom. The fraction of sp³-hybridized carbons (Fsp3) is 0.667.